The molecule has 1 aromatic carbocycles. The number of hydrogen-bond donors (Lipinski definition) is 0. The highest BCUT2D eigenvalue weighted by atomic mass is 32.1. The van der Waals surface area contributed by atoms with Crippen molar-refractivity contribution in [2.75, 3.05) is 0 Å². The zero-order valence-electron chi connectivity index (χ0n) is 11.3. The number of rotatable bonds is 1. The van der Waals surface area contributed by atoms with Crippen molar-refractivity contribution in [2.24, 2.45) is 0 Å². The number of fused-ring (bicyclic) bond motifs is 3. The van der Waals surface area contributed by atoms with Gasteiger partial charge in [0, 0.05) is 22.5 Å². The Kier molecular flexibility index (Phi) is 2.44. The molecule has 0 spiro atoms. The van der Waals surface area contributed by atoms with Crippen molar-refractivity contribution >= 4 is 31.7 Å². The predicted octanol–water partition coefficient (Wildman–Crippen LogP) is 5.33. The quantitative estimate of drug-likeness (QED) is 0.471. The van der Waals surface area contributed by atoms with Crippen molar-refractivity contribution in [3.8, 4) is 11.3 Å². The average Bonchev–Trinajstić information content (AvgIpc) is 2.97. The summed E-state index contributed by atoms with van der Waals surface area (Å²) in [5.74, 6) is 0. The van der Waals surface area contributed by atoms with Crippen molar-refractivity contribution in [3.63, 3.8) is 0 Å². The Labute approximate surface area is 120 Å². The van der Waals surface area contributed by atoms with Crippen LogP contribution in [0.25, 0.3) is 31.6 Å². The molecule has 0 radical (unpaired) electrons. The number of aromatic nitrogens is 1. The predicted molar refractivity (Wildman–Crippen MR) is 84.3 cm³/mol. The lowest BCUT2D eigenvalue weighted by molar-refractivity contribution is 0.624. The molecule has 3 heterocycles. The molecule has 0 saturated carbocycles. The zero-order chi connectivity index (χ0) is 13.7. The van der Waals surface area contributed by atoms with Crippen molar-refractivity contribution < 1.29 is 4.42 Å². The van der Waals surface area contributed by atoms with Gasteiger partial charge < -0.3 is 4.42 Å². The molecule has 0 saturated heterocycles. The van der Waals surface area contributed by atoms with E-state index in [9.17, 15) is 0 Å². The molecular weight excluding hydrogens is 266 g/mol. The molecule has 3 aromatic heterocycles. The smallest absolute Gasteiger partial charge is 0.188 e. The molecule has 0 aliphatic rings. The first-order valence-corrected chi connectivity index (χ1v) is 7.37. The van der Waals surface area contributed by atoms with Crippen LogP contribution >= 0.6 is 11.3 Å². The molecule has 20 heavy (non-hydrogen) atoms. The second kappa shape index (κ2) is 4.18. The van der Waals surface area contributed by atoms with Gasteiger partial charge in [0.05, 0.1) is 16.7 Å². The van der Waals surface area contributed by atoms with E-state index in [1.54, 1.807) is 17.6 Å². The van der Waals surface area contributed by atoms with Gasteiger partial charge in [0.15, 0.2) is 4.90 Å². The summed E-state index contributed by atoms with van der Waals surface area (Å²) in [7, 11) is 0. The molecular formula is C17H13NOS. The maximum Gasteiger partial charge on any atom is 0.188 e. The SMILES string of the molecule is Cc1cc(C)cc(-c2nccc3c2sc2occc23)c1. The van der Waals surface area contributed by atoms with Crippen LogP contribution in [0.4, 0.5) is 0 Å². The number of benzene rings is 1. The van der Waals surface area contributed by atoms with Gasteiger partial charge in [0.1, 0.15) is 0 Å². The van der Waals surface area contributed by atoms with Gasteiger partial charge in [-0.25, -0.2) is 0 Å². The first kappa shape index (κ1) is 11.7. The lowest BCUT2D eigenvalue weighted by Crippen LogP contribution is -1.86. The van der Waals surface area contributed by atoms with Crippen LogP contribution in [0.1, 0.15) is 11.1 Å². The summed E-state index contributed by atoms with van der Waals surface area (Å²) in [6.45, 7) is 4.24. The third-order valence-electron chi connectivity index (χ3n) is 3.51. The second-order valence-corrected chi connectivity index (χ2v) is 6.12. The van der Waals surface area contributed by atoms with E-state index in [1.165, 1.54) is 32.2 Å². The molecule has 0 unspecified atom stereocenters. The van der Waals surface area contributed by atoms with Crippen molar-refractivity contribution in [1.82, 2.24) is 4.98 Å². The first-order valence-electron chi connectivity index (χ1n) is 6.56. The van der Waals surface area contributed by atoms with Gasteiger partial charge in [0.25, 0.3) is 0 Å². The van der Waals surface area contributed by atoms with Gasteiger partial charge in [-0.1, -0.05) is 28.5 Å². The summed E-state index contributed by atoms with van der Waals surface area (Å²) in [6, 6.07) is 10.7. The Morgan fingerprint density at radius 2 is 1.80 bits per heavy atom. The number of thiophene rings is 1. The normalized spacial score (nSPS) is 11.5. The number of pyridine rings is 1. The molecule has 0 amide bonds. The molecule has 0 aliphatic carbocycles. The number of hydrogen-bond acceptors (Lipinski definition) is 3. The zero-order valence-corrected chi connectivity index (χ0v) is 12.1. The lowest BCUT2D eigenvalue weighted by Gasteiger charge is -2.05. The van der Waals surface area contributed by atoms with E-state index in [-0.39, 0.29) is 0 Å². The van der Waals surface area contributed by atoms with E-state index in [4.69, 9.17) is 4.42 Å². The van der Waals surface area contributed by atoms with Crippen LogP contribution in [0.2, 0.25) is 0 Å². The van der Waals surface area contributed by atoms with Crippen LogP contribution in [0.5, 0.6) is 0 Å². The highest BCUT2D eigenvalue weighted by Crippen LogP contribution is 2.39. The van der Waals surface area contributed by atoms with Crippen LogP contribution < -0.4 is 0 Å². The minimum absolute atomic E-state index is 0.971. The molecule has 2 nitrogen and oxygen atoms in total. The van der Waals surface area contributed by atoms with E-state index < -0.39 is 0 Å². The minimum Gasteiger partial charge on any atom is -0.454 e. The highest BCUT2D eigenvalue weighted by Gasteiger charge is 2.13. The van der Waals surface area contributed by atoms with E-state index in [2.05, 4.69) is 43.1 Å². The summed E-state index contributed by atoms with van der Waals surface area (Å²) in [4.78, 5) is 5.57. The van der Waals surface area contributed by atoms with Gasteiger partial charge in [-0.05, 0) is 38.1 Å². The average molecular weight is 279 g/mol. The van der Waals surface area contributed by atoms with Crippen molar-refractivity contribution in [1.29, 1.82) is 0 Å². The molecule has 0 atom stereocenters. The third-order valence-corrected chi connectivity index (χ3v) is 4.63. The van der Waals surface area contributed by atoms with Gasteiger partial charge in [-0.3, -0.25) is 4.98 Å². The summed E-state index contributed by atoms with van der Waals surface area (Å²) in [5.41, 5.74) is 4.75. The van der Waals surface area contributed by atoms with Gasteiger partial charge in [-0.15, -0.1) is 0 Å². The molecule has 4 aromatic rings. The summed E-state index contributed by atoms with van der Waals surface area (Å²) >= 11 is 1.67. The van der Waals surface area contributed by atoms with Crippen LogP contribution in [-0.4, -0.2) is 4.98 Å². The number of aryl methyl sites for hydroxylation is 2. The Balaban J connectivity index is 2.08. The Bertz CT molecular complexity index is 912. The van der Waals surface area contributed by atoms with Crippen LogP contribution in [0, 0.1) is 13.8 Å². The summed E-state index contributed by atoms with van der Waals surface area (Å²) < 4.78 is 6.73. The first-order chi connectivity index (χ1) is 9.72. The molecule has 0 aliphatic heterocycles. The van der Waals surface area contributed by atoms with Crippen LogP contribution in [0.3, 0.4) is 0 Å². The van der Waals surface area contributed by atoms with E-state index in [0.29, 0.717) is 0 Å². The van der Waals surface area contributed by atoms with Gasteiger partial charge >= 0.3 is 0 Å². The fraction of sp³-hybridized carbons (Fsp3) is 0.118. The maximum atomic E-state index is 5.53. The summed E-state index contributed by atoms with van der Waals surface area (Å²) in [6.07, 6.45) is 3.63. The van der Waals surface area contributed by atoms with Gasteiger partial charge in [-0.2, -0.15) is 0 Å². The number of nitrogens with zero attached hydrogens (tertiary/aromatic N) is 1. The van der Waals surface area contributed by atoms with Crippen molar-refractivity contribution in [3.05, 3.63) is 53.9 Å². The standard InChI is InChI=1S/C17H13NOS/c1-10-7-11(2)9-12(8-10)15-16-13(3-5-18-15)14-4-6-19-17(14)20-16/h3-9H,1-2H3. The largest absolute Gasteiger partial charge is 0.454 e. The maximum absolute atomic E-state index is 5.53. The van der Waals surface area contributed by atoms with Crippen molar-refractivity contribution in [2.45, 2.75) is 13.8 Å². The van der Waals surface area contributed by atoms with Crippen LogP contribution in [0.15, 0.2) is 47.2 Å². The Morgan fingerprint density at radius 1 is 1.00 bits per heavy atom. The lowest BCUT2D eigenvalue weighted by atomic mass is 10.0. The fourth-order valence-electron chi connectivity index (χ4n) is 2.75. The molecule has 98 valence electrons. The fourth-order valence-corrected chi connectivity index (χ4v) is 3.88. The van der Waals surface area contributed by atoms with E-state index in [0.717, 1.165) is 10.6 Å². The Morgan fingerprint density at radius 3 is 2.60 bits per heavy atom. The molecule has 4 rings (SSSR count). The molecule has 0 fully saturated rings. The second-order valence-electron chi connectivity index (χ2n) is 5.14. The summed E-state index contributed by atoms with van der Waals surface area (Å²) in [5, 5.41) is 2.40. The van der Waals surface area contributed by atoms with Gasteiger partial charge in [0.2, 0.25) is 0 Å². The highest BCUT2D eigenvalue weighted by molar-refractivity contribution is 7.25. The topological polar surface area (TPSA) is 26.0 Å². The van der Waals surface area contributed by atoms with Crippen LogP contribution in [-0.2, 0) is 0 Å². The number of furan rings is 1. The Hall–Kier alpha value is -2.13. The minimum atomic E-state index is 0.971. The monoisotopic (exact) mass is 279 g/mol. The molecule has 0 bridgehead atoms. The molecule has 0 N–H and O–H groups in total. The molecule has 3 heteroatoms. The van der Waals surface area contributed by atoms with E-state index in [1.807, 2.05) is 12.3 Å². The third kappa shape index (κ3) is 1.67. The van der Waals surface area contributed by atoms with E-state index >= 15 is 0 Å².